The number of nitrogens with one attached hydrogen (secondary N) is 2. The lowest BCUT2D eigenvalue weighted by molar-refractivity contribution is -0.140. The highest BCUT2D eigenvalue weighted by Crippen LogP contribution is 2.22. The van der Waals surface area contributed by atoms with Gasteiger partial charge in [0.2, 0.25) is 0 Å². The fourth-order valence-corrected chi connectivity index (χ4v) is 3.24. The van der Waals surface area contributed by atoms with Gasteiger partial charge in [0.15, 0.2) is 6.61 Å². The lowest BCUT2D eigenvalue weighted by Gasteiger charge is -2.21. The molecule has 0 spiro atoms. The van der Waals surface area contributed by atoms with E-state index in [0.717, 1.165) is 17.5 Å². The zero-order chi connectivity index (χ0) is 22.4. The molecule has 0 aromatic heterocycles. The SMILES string of the molecule is CCc1ccc(C(=O)OCC(=O)NN2C(=O)N[C@](C)(CCc3ccccc3)C2=O)cc1. The third-order valence-corrected chi connectivity index (χ3v) is 5.19. The average Bonchev–Trinajstić information content (AvgIpc) is 3.00. The highest BCUT2D eigenvalue weighted by Gasteiger charge is 2.48. The molecule has 1 atom stereocenters. The Morgan fingerprint density at radius 1 is 1.03 bits per heavy atom. The largest absolute Gasteiger partial charge is 0.452 e. The molecule has 1 heterocycles. The van der Waals surface area contributed by atoms with Crippen molar-refractivity contribution in [2.75, 3.05) is 6.61 Å². The van der Waals surface area contributed by atoms with Gasteiger partial charge in [-0.15, -0.1) is 0 Å². The molecule has 2 N–H and O–H groups in total. The Bertz CT molecular complexity index is 974. The minimum Gasteiger partial charge on any atom is -0.452 e. The van der Waals surface area contributed by atoms with Crippen LogP contribution in [0.1, 0.15) is 41.8 Å². The molecule has 0 saturated carbocycles. The first kappa shape index (κ1) is 22.0. The molecule has 0 radical (unpaired) electrons. The molecule has 2 aromatic rings. The second kappa shape index (κ2) is 9.42. The molecule has 1 fully saturated rings. The molecule has 8 heteroatoms. The maximum Gasteiger partial charge on any atom is 0.344 e. The third-order valence-electron chi connectivity index (χ3n) is 5.19. The second-order valence-corrected chi connectivity index (χ2v) is 7.55. The summed E-state index contributed by atoms with van der Waals surface area (Å²) in [5.74, 6) is -2.01. The molecule has 3 rings (SSSR count). The Morgan fingerprint density at radius 2 is 1.71 bits per heavy atom. The Kier molecular flexibility index (Phi) is 6.69. The average molecular weight is 423 g/mol. The Labute approximate surface area is 180 Å². The normalized spacial score (nSPS) is 17.9. The molecule has 1 aliphatic heterocycles. The van der Waals surface area contributed by atoms with Gasteiger partial charge in [-0.1, -0.05) is 49.4 Å². The van der Waals surface area contributed by atoms with Gasteiger partial charge in [-0.2, -0.15) is 5.01 Å². The van der Waals surface area contributed by atoms with Crippen LogP contribution in [0.2, 0.25) is 0 Å². The van der Waals surface area contributed by atoms with Gasteiger partial charge in [0, 0.05) is 0 Å². The topological polar surface area (TPSA) is 105 Å². The maximum atomic E-state index is 12.7. The van der Waals surface area contributed by atoms with Gasteiger partial charge in [-0.3, -0.25) is 15.0 Å². The number of imide groups is 1. The van der Waals surface area contributed by atoms with E-state index in [4.69, 9.17) is 4.74 Å². The van der Waals surface area contributed by atoms with Crippen molar-refractivity contribution >= 4 is 23.8 Å². The van der Waals surface area contributed by atoms with Crippen molar-refractivity contribution in [1.29, 1.82) is 0 Å². The standard InChI is InChI=1S/C23H25N3O5/c1-3-16-9-11-18(12-10-16)20(28)31-15-19(27)25-26-21(29)23(2,24-22(26)30)14-13-17-7-5-4-6-8-17/h4-12H,3,13-15H2,1-2H3,(H,24,30)(H,25,27)/t23-/m1/s1. The summed E-state index contributed by atoms with van der Waals surface area (Å²) in [6.45, 7) is 2.99. The number of benzene rings is 2. The fourth-order valence-electron chi connectivity index (χ4n) is 3.24. The van der Waals surface area contributed by atoms with Gasteiger partial charge in [-0.25, -0.2) is 9.59 Å². The number of hydrazine groups is 1. The van der Waals surface area contributed by atoms with E-state index < -0.39 is 36.0 Å². The van der Waals surface area contributed by atoms with Crippen LogP contribution in [-0.4, -0.2) is 41.0 Å². The predicted molar refractivity (Wildman–Crippen MR) is 113 cm³/mol. The monoisotopic (exact) mass is 423 g/mol. The van der Waals surface area contributed by atoms with Crippen molar-refractivity contribution in [3.8, 4) is 0 Å². The molecule has 4 amide bonds. The molecule has 31 heavy (non-hydrogen) atoms. The van der Waals surface area contributed by atoms with Gasteiger partial charge in [0.05, 0.1) is 5.56 Å². The molecule has 1 saturated heterocycles. The van der Waals surface area contributed by atoms with Crippen LogP contribution in [-0.2, 0) is 27.2 Å². The number of nitrogens with zero attached hydrogens (tertiary/aromatic N) is 1. The summed E-state index contributed by atoms with van der Waals surface area (Å²) < 4.78 is 4.98. The van der Waals surface area contributed by atoms with Crippen LogP contribution in [0.25, 0.3) is 0 Å². The summed E-state index contributed by atoms with van der Waals surface area (Å²) in [5.41, 5.74) is 3.49. The van der Waals surface area contributed by atoms with Gasteiger partial charge < -0.3 is 10.1 Å². The van der Waals surface area contributed by atoms with Crippen LogP contribution < -0.4 is 10.7 Å². The van der Waals surface area contributed by atoms with Crippen LogP contribution in [0, 0.1) is 0 Å². The number of hydrogen-bond acceptors (Lipinski definition) is 5. The van der Waals surface area contributed by atoms with Gasteiger partial charge >= 0.3 is 12.0 Å². The number of carbonyl (C=O) groups excluding carboxylic acids is 4. The molecular formula is C23H25N3O5. The highest BCUT2D eigenvalue weighted by molar-refractivity contribution is 6.07. The van der Waals surface area contributed by atoms with E-state index in [1.165, 1.54) is 0 Å². The number of esters is 1. The van der Waals surface area contributed by atoms with Crippen LogP contribution in [0.5, 0.6) is 0 Å². The van der Waals surface area contributed by atoms with Crippen molar-refractivity contribution in [3.05, 3.63) is 71.3 Å². The summed E-state index contributed by atoms with van der Waals surface area (Å²) in [6.07, 6.45) is 1.80. The van der Waals surface area contributed by atoms with Crippen molar-refractivity contribution in [2.24, 2.45) is 0 Å². The highest BCUT2D eigenvalue weighted by atomic mass is 16.5. The number of carbonyl (C=O) groups is 4. The minimum atomic E-state index is -1.14. The van der Waals surface area contributed by atoms with Gasteiger partial charge in [0.25, 0.3) is 11.8 Å². The minimum absolute atomic E-state index is 0.313. The molecule has 0 bridgehead atoms. The smallest absolute Gasteiger partial charge is 0.344 e. The molecular weight excluding hydrogens is 398 g/mol. The van der Waals surface area contributed by atoms with E-state index in [-0.39, 0.29) is 0 Å². The van der Waals surface area contributed by atoms with Crippen molar-refractivity contribution < 1.29 is 23.9 Å². The molecule has 162 valence electrons. The number of rotatable bonds is 8. The van der Waals surface area contributed by atoms with E-state index in [1.807, 2.05) is 37.3 Å². The Hall–Kier alpha value is -3.68. The summed E-state index contributed by atoms with van der Waals surface area (Å²) in [5, 5.41) is 3.26. The number of amides is 4. The molecule has 0 aliphatic carbocycles. The van der Waals surface area contributed by atoms with E-state index in [1.54, 1.807) is 31.2 Å². The summed E-state index contributed by atoms with van der Waals surface area (Å²) in [6, 6.07) is 15.7. The maximum absolute atomic E-state index is 12.7. The fraction of sp³-hybridized carbons (Fsp3) is 0.304. The van der Waals surface area contributed by atoms with Gasteiger partial charge in [0.1, 0.15) is 5.54 Å². The Balaban J connectivity index is 1.52. The van der Waals surface area contributed by atoms with E-state index in [2.05, 4.69) is 10.7 Å². The Morgan fingerprint density at radius 3 is 2.35 bits per heavy atom. The van der Waals surface area contributed by atoms with Crippen molar-refractivity contribution in [3.63, 3.8) is 0 Å². The molecule has 1 aliphatic rings. The lowest BCUT2D eigenvalue weighted by Crippen LogP contribution is -2.50. The van der Waals surface area contributed by atoms with Crippen LogP contribution in [0.3, 0.4) is 0 Å². The zero-order valence-corrected chi connectivity index (χ0v) is 17.5. The number of urea groups is 1. The van der Waals surface area contributed by atoms with E-state index in [0.29, 0.717) is 23.4 Å². The van der Waals surface area contributed by atoms with Crippen molar-refractivity contribution in [1.82, 2.24) is 15.8 Å². The number of hydrogen-bond donors (Lipinski definition) is 2. The summed E-state index contributed by atoms with van der Waals surface area (Å²) in [7, 11) is 0. The van der Waals surface area contributed by atoms with Crippen LogP contribution in [0.15, 0.2) is 54.6 Å². The van der Waals surface area contributed by atoms with E-state index in [9.17, 15) is 19.2 Å². The van der Waals surface area contributed by atoms with Crippen LogP contribution in [0.4, 0.5) is 4.79 Å². The lowest BCUT2D eigenvalue weighted by atomic mass is 9.93. The summed E-state index contributed by atoms with van der Waals surface area (Å²) >= 11 is 0. The number of aryl methyl sites for hydroxylation is 2. The second-order valence-electron chi connectivity index (χ2n) is 7.55. The molecule has 0 unspecified atom stereocenters. The predicted octanol–water partition coefficient (Wildman–Crippen LogP) is 2.38. The molecule has 8 nitrogen and oxygen atoms in total. The zero-order valence-electron chi connectivity index (χ0n) is 17.5. The van der Waals surface area contributed by atoms with E-state index >= 15 is 0 Å². The quantitative estimate of drug-likeness (QED) is 0.501. The van der Waals surface area contributed by atoms with Crippen LogP contribution >= 0.6 is 0 Å². The number of ether oxygens (including phenoxy) is 1. The first-order chi connectivity index (χ1) is 14.8. The first-order valence-corrected chi connectivity index (χ1v) is 10.1. The van der Waals surface area contributed by atoms with Crippen molar-refractivity contribution in [2.45, 2.75) is 38.6 Å². The first-order valence-electron chi connectivity index (χ1n) is 10.1. The third kappa shape index (κ3) is 5.28. The van der Waals surface area contributed by atoms with Gasteiger partial charge in [-0.05, 0) is 49.4 Å². The summed E-state index contributed by atoms with van der Waals surface area (Å²) in [4.78, 5) is 49.2. The molecule has 2 aromatic carbocycles.